The third-order valence-corrected chi connectivity index (χ3v) is 15.7. The quantitative estimate of drug-likeness (QED) is 0.0848. The van der Waals surface area contributed by atoms with Crippen LogP contribution in [0.3, 0.4) is 0 Å². The molecule has 0 fully saturated rings. The molecule has 0 aromatic heterocycles. The summed E-state index contributed by atoms with van der Waals surface area (Å²) in [7, 11) is 12.4. The molecule has 0 unspecified atom stereocenters. The molecule has 1 aliphatic rings. The molecule has 3 rings (SSSR count). The van der Waals surface area contributed by atoms with Crippen LogP contribution < -0.4 is 15.4 Å². The summed E-state index contributed by atoms with van der Waals surface area (Å²) in [5.41, 5.74) is 3.51. The molecule has 0 spiro atoms. The van der Waals surface area contributed by atoms with Gasteiger partial charge in [-0.05, 0) is 88.5 Å². The van der Waals surface area contributed by atoms with Gasteiger partial charge in [-0.25, -0.2) is 0 Å². The van der Waals surface area contributed by atoms with Crippen LogP contribution in [-0.4, -0.2) is 25.7 Å². The van der Waals surface area contributed by atoms with Gasteiger partial charge in [-0.3, -0.25) is 9.93 Å². The van der Waals surface area contributed by atoms with Crippen LogP contribution >= 0.6 is 82.9 Å². The van der Waals surface area contributed by atoms with Crippen molar-refractivity contribution in [2.45, 2.75) is 11.4 Å². The number of carbonyl (C=O) groups excluding carboxylic acids is 2. The zero-order valence-corrected chi connectivity index (χ0v) is 25.8. The van der Waals surface area contributed by atoms with E-state index in [1.165, 1.54) is 38.0 Å². The van der Waals surface area contributed by atoms with Crippen molar-refractivity contribution in [3.8, 4) is 0 Å². The van der Waals surface area contributed by atoms with Crippen molar-refractivity contribution in [3.63, 3.8) is 0 Å². The molecule has 3 N–H and O–H groups in total. The number of halogens is 1. The molecular weight excluding hydrogens is 641 g/mol. The zero-order valence-electron chi connectivity index (χ0n) is 16.5. The van der Waals surface area contributed by atoms with Crippen LogP contribution in [0.4, 0.5) is 15.3 Å². The van der Waals surface area contributed by atoms with Gasteiger partial charge < -0.3 is 15.0 Å². The SMILES string of the molecule is CNc1ccc2c(c1)CN(c1ccc(SF)cc1)C2=O.NSSSSSSS[B]C=O.[Y]. The Hall–Kier alpha value is 1.24. The minimum absolute atomic E-state index is 0. The number of hydrogen-bond acceptors (Lipinski definition) is 12. The predicted octanol–water partition coefficient (Wildman–Crippen LogP) is 7.15. The summed E-state index contributed by atoms with van der Waals surface area (Å²) >= 11 is 0.201. The molecule has 1 heterocycles. The Morgan fingerprint density at radius 1 is 1.09 bits per heavy atom. The van der Waals surface area contributed by atoms with Gasteiger partial charge in [0.25, 0.3) is 12.5 Å². The van der Waals surface area contributed by atoms with E-state index in [1.807, 2.05) is 25.2 Å². The molecule has 2 radical (unpaired) electrons. The normalized spacial score (nSPS) is 11.7. The molecule has 2 aromatic carbocycles. The van der Waals surface area contributed by atoms with Gasteiger partial charge in [0.05, 0.1) is 24.9 Å². The second kappa shape index (κ2) is 18.5. The Kier molecular flexibility index (Phi) is 18.1. The Morgan fingerprint density at radius 2 is 1.78 bits per heavy atom. The molecule has 1 aliphatic heterocycles. The molecule has 0 aliphatic carbocycles. The van der Waals surface area contributed by atoms with E-state index in [0.717, 1.165) is 28.7 Å². The summed E-state index contributed by atoms with van der Waals surface area (Å²) in [6.45, 7) is 2.06. The number of rotatable bonds is 11. The van der Waals surface area contributed by atoms with Gasteiger partial charge in [-0.15, -0.1) is 10.6 Å². The average molecular weight is 658 g/mol. The van der Waals surface area contributed by atoms with Crippen LogP contribution in [0.1, 0.15) is 15.9 Å². The zero-order chi connectivity index (χ0) is 22.5. The molecule has 0 atom stereocenters. The second-order valence-corrected chi connectivity index (χ2v) is 16.7. The van der Waals surface area contributed by atoms with Gasteiger partial charge in [0.15, 0.2) is 0 Å². The first-order valence-electron chi connectivity index (χ1n) is 8.28. The standard InChI is InChI=1S/C15H13FN2OS.CH3BNOS7.Y/c1-17-11-2-7-14-10(8-11)9-18(15(14)19)12-3-5-13(20-16)6-4-12;3-6-8-10-11-9-7-5-2-1-4;/h2-8,17H,9H2,1H3;1H,3H2;. The maximum atomic E-state index is 12.4. The van der Waals surface area contributed by atoms with Gasteiger partial charge in [0, 0.05) is 81.2 Å². The smallest absolute Gasteiger partial charge is 0.290 e. The second-order valence-electron chi connectivity index (χ2n) is 5.39. The largest absolute Gasteiger partial charge is 0.388 e. The monoisotopic (exact) mass is 657 g/mol. The van der Waals surface area contributed by atoms with Gasteiger partial charge in [0.2, 0.25) is 0 Å². The summed E-state index contributed by atoms with van der Waals surface area (Å²) in [6, 6.07) is 12.6. The molecule has 168 valence electrons. The van der Waals surface area contributed by atoms with E-state index in [9.17, 15) is 13.5 Å². The van der Waals surface area contributed by atoms with E-state index < -0.39 is 0 Å². The summed E-state index contributed by atoms with van der Waals surface area (Å²) < 4.78 is 12.4. The summed E-state index contributed by atoms with van der Waals surface area (Å²) in [6.07, 6.45) is 0.778. The Balaban J connectivity index is 0.000000370. The van der Waals surface area contributed by atoms with E-state index in [0.29, 0.717) is 11.4 Å². The molecule has 16 heteroatoms. The third kappa shape index (κ3) is 10.5. The van der Waals surface area contributed by atoms with Crippen molar-refractivity contribution in [3.05, 3.63) is 53.6 Å². The minimum atomic E-state index is -0.0108. The fourth-order valence-electron chi connectivity index (χ4n) is 2.47. The summed E-state index contributed by atoms with van der Waals surface area (Å²) in [4.78, 5) is 24.4. The number of nitrogens with two attached hydrogens (primary N) is 1. The molecular formula is C16H16BFN3O2S8Y. The van der Waals surface area contributed by atoms with E-state index in [-0.39, 0.29) is 50.8 Å². The number of anilines is 2. The molecule has 32 heavy (non-hydrogen) atoms. The van der Waals surface area contributed by atoms with Crippen LogP contribution in [-0.2, 0) is 44.0 Å². The van der Waals surface area contributed by atoms with Crippen LogP contribution in [0.2, 0.25) is 0 Å². The number of amides is 1. The van der Waals surface area contributed by atoms with Crippen molar-refractivity contribution in [1.82, 2.24) is 0 Å². The third-order valence-electron chi connectivity index (χ3n) is 3.74. The number of fused-ring (bicyclic) bond motifs is 1. The van der Waals surface area contributed by atoms with Crippen molar-refractivity contribution in [1.29, 1.82) is 0 Å². The van der Waals surface area contributed by atoms with Crippen LogP contribution in [0, 0.1) is 0 Å². The van der Waals surface area contributed by atoms with Gasteiger partial charge in [-0.2, -0.15) is 3.89 Å². The number of nitrogens with one attached hydrogen (secondary N) is 1. The fourth-order valence-corrected chi connectivity index (χ4v) is 14.3. The topological polar surface area (TPSA) is 75.4 Å². The molecule has 0 bridgehead atoms. The summed E-state index contributed by atoms with van der Waals surface area (Å²) in [5, 5.41) is 8.23. The maximum Gasteiger partial charge on any atom is 0.290 e. The minimum Gasteiger partial charge on any atom is -0.388 e. The van der Waals surface area contributed by atoms with E-state index in [1.54, 1.807) is 68.5 Å². The number of benzene rings is 2. The Morgan fingerprint density at radius 3 is 2.41 bits per heavy atom. The van der Waals surface area contributed by atoms with Crippen molar-refractivity contribution >= 4 is 113 Å². The van der Waals surface area contributed by atoms with Gasteiger partial charge >= 0.3 is 0 Å². The van der Waals surface area contributed by atoms with E-state index in [4.69, 9.17) is 5.14 Å². The molecule has 1 amide bonds. The maximum absolute atomic E-state index is 12.4. The molecule has 0 saturated heterocycles. The van der Waals surface area contributed by atoms with Crippen LogP contribution in [0.15, 0.2) is 47.4 Å². The van der Waals surface area contributed by atoms with Gasteiger partial charge in [0.1, 0.15) is 0 Å². The van der Waals surface area contributed by atoms with E-state index in [2.05, 4.69) is 5.32 Å². The first-order chi connectivity index (χ1) is 15.1. The van der Waals surface area contributed by atoms with Crippen molar-refractivity contribution < 1.29 is 46.2 Å². The van der Waals surface area contributed by atoms with Gasteiger partial charge in [-0.1, -0.05) is 0 Å². The van der Waals surface area contributed by atoms with Crippen LogP contribution in [0.25, 0.3) is 0 Å². The van der Waals surface area contributed by atoms with E-state index >= 15 is 0 Å². The molecule has 2 aromatic rings. The fraction of sp³-hybridized carbons (Fsp3) is 0.125. The molecule has 0 saturated carbocycles. The first kappa shape index (κ1) is 31.3. The Bertz CT molecular complexity index is 859. The number of carbonyl (C=O) groups is 2. The van der Waals surface area contributed by atoms with Crippen molar-refractivity contribution in [2.24, 2.45) is 5.14 Å². The van der Waals surface area contributed by atoms with Crippen LogP contribution in [0.5, 0.6) is 0 Å². The molecule has 5 nitrogen and oxygen atoms in total. The Labute approximate surface area is 243 Å². The average Bonchev–Trinajstić information content (AvgIpc) is 3.14. The predicted molar refractivity (Wildman–Crippen MR) is 150 cm³/mol. The first-order valence-corrected chi connectivity index (χ1v) is 17.9. The number of hydrogen-bond donors (Lipinski definition) is 2. The number of nitrogens with zero attached hydrogens (tertiary/aromatic N) is 1. The van der Waals surface area contributed by atoms with Crippen molar-refractivity contribution in [2.75, 3.05) is 17.3 Å². The summed E-state index contributed by atoms with van der Waals surface area (Å²) in [5.74, 6) is -0.0108.